The quantitative estimate of drug-likeness (QED) is 0.546. The fourth-order valence-corrected chi connectivity index (χ4v) is 4.18. The number of hydrogen-bond donors (Lipinski definition) is 2. The van der Waals surface area contributed by atoms with Crippen molar-refractivity contribution < 1.29 is 9.90 Å². The third kappa shape index (κ3) is 5.76. The summed E-state index contributed by atoms with van der Waals surface area (Å²) in [6.45, 7) is 0.0207. The van der Waals surface area contributed by atoms with Gasteiger partial charge in [0.2, 0.25) is 5.91 Å². The van der Waals surface area contributed by atoms with E-state index in [0.29, 0.717) is 24.6 Å². The third-order valence-electron chi connectivity index (χ3n) is 5.98. The summed E-state index contributed by atoms with van der Waals surface area (Å²) in [7, 11) is 0. The highest BCUT2D eigenvalue weighted by molar-refractivity contribution is 5.90. The molecule has 1 fully saturated rings. The van der Waals surface area contributed by atoms with E-state index in [9.17, 15) is 9.90 Å². The first-order valence-electron chi connectivity index (χ1n) is 11.1. The van der Waals surface area contributed by atoms with Gasteiger partial charge < -0.3 is 10.4 Å². The minimum Gasteiger partial charge on any atom is -0.392 e. The third-order valence-corrected chi connectivity index (χ3v) is 5.98. The van der Waals surface area contributed by atoms with E-state index in [1.165, 1.54) is 25.7 Å². The molecule has 0 spiro atoms. The van der Waals surface area contributed by atoms with Crippen LogP contribution in [0.4, 0.5) is 5.82 Å². The average Bonchev–Trinajstić information content (AvgIpc) is 3.33. The lowest BCUT2D eigenvalue weighted by Gasteiger charge is -2.14. The summed E-state index contributed by atoms with van der Waals surface area (Å²) in [5, 5.41) is 12.3. The molecule has 3 aromatic rings. The van der Waals surface area contributed by atoms with Crippen LogP contribution in [-0.2, 0) is 24.2 Å². The molecular formula is C26H29N3O2. The molecule has 1 aliphatic carbocycles. The maximum absolute atomic E-state index is 12.6. The number of aliphatic hydroxyl groups excluding tert-OH is 1. The summed E-state index contributed by atoms with van der Waals surface area (Å²) in [5.74, 6) is 1.15. The van der Waals surface area contributed by atoms with Crippen LogP contribution in [0.15, 0.2) is 60.8 Å². The van der Waals surface area contributed by atoms with Crippen molar-refractivity contribution in [1.29, 1.82) is 0 Å². The van der Waals surface area contributed by atoms with Gasteiger partial charge in [0.05, 0.1) is 24.2 Å². The fourth-order valence-electron chi connectivity index (χ4n) is 4.18. The molecule has 0 atom stereocenters. The minimum absolute atomic E-state index is 0.0207. The Morgan fingerprint density at radius 3 is 2.45 bits per heavy atom. The van der Waals surface area contributed by atoms with E-state index in [1.54, 1.807) is 6.20 Å². The highest BCUT2D eigenvalue weighted by atomic mass is 16.3. The second-order valence-corrected chi connectivity index (χ2v) is 8.29. The number of aryl methyl sites for hydroxylation is 1. The fraction of sp³-hybridized carbons (Fsp3) is 0.346. The van der Waals surface area contributed by atoms with E-state index >= 15 is 0 Å². The number of carbonyl (C=O) groups is 1. The number of anilines is 1. The lowest BCUT2D eigenvalue weighted by atomic mass is 10.0. The lowest BCUT2D eigenvalue weighted by Crippen LogP contribution is -2.17. The summed E-state index contributed by atoms with van der Waals surface area (Å²) < 4.78 is 0. The van der Waals surface area contributed by atoms with Crippen molar-refractivity contribution in [2.45, 2.75) is 51.6 Å². The lowest BCUT2D eigenvalue weighted by molar-refractivity contribution is -0.116. The Hall–Kier alpha value is -3.05. The predicted molar refractivity (Wildman–Crippen MR) is 122 cm³/mol. The van der Waals surface area contributed by atoms with Crippen LogP contribution < -0.4 is 5.32 Å². The van der Waals surface area contributed by atoms with Crippen LogP contribution in [0, 0.1) is 5.92 Å². The van der Waals surface area contributed by atoms with Gasteiger partial charge in [-0.25, -0.2) is 9.97 Å². The molecule has 2 N–H and O–H groups in total. The van der Waals surface area contributed by atoms with Gasteiger partial charge >= 0.3 is 0 Å². The molecule has 160 valence electrons. The molecule has 5 heteroatoms. The number of carbonyl (C=O) groups excluding carboxylic acids is 1. The van der Waals surface area contributed by atoms with Crippen molar-refractivity contribution in [2.75, 3.05) is 5.32 Å². The second kappa shape index (κ2) is 10.3. The van der Waals surface area contributed by atoms with Gasteiger partial charge in [0.25, 0.3) is 0 Å². The monoisotopic (exact) mass is 415 g/mol. The first kappa shape index (κ1) is 21.2. The van der Waals surface area contributed by atoms with Gasteiger partial charge in [0, 0.05) is 12.0 Å². The van der Waals surface area contributed by atoms with Gasteiger partial charge in [-0.2, -0.15) is 0 Å². The Balaban J connectivity index is 1.51. The Morgan fingerprint density at radius 1 is 1.00 bits per heavy atom. The first-order chi connectivity index (χ1) is 15.2. The van der Waals surface area contributed by atoms with Crippen molar-refractivity contribution in [3.63, 3.8) is 0 Å². The van der Waals surface area contributed by atoms with Gasteiger partial charge in [-0.3, -0.25) is 4.79 Å². The number of nitrogens with zero attached hydrogens (tertiary/aromatic N) is 2. The van der Waals surface area contributed by atoms with E-state index in [0.717, 1.165) is 34.5 Å². The minimum atomic E-state index is -0.0362. The Morgan fingerprint density at radius 2 is 1.74 bits per heavy atom. The van der Waals surface area contributed by atoms with E-state index in [-0.39, 0.29) is 12.5 Å². The van der Waals surface area contributed by atoms with Crippen LogP contribution in [0.5, 0.6) is 0 Å². The number of aliphatic hydroxyl groups is 1. The van der Waals surface area contributed by atoms with Gasteiger partial charge in [0.1, 0.15) is 0 Å². The molecule has 0 aliphatic heterocycles. The van der Waals surface area contributed by atoms with Crippen molar-refractivity contribution in [3.8, 4) is 11.3 Å². The van der Waals surface area contributed by atoms with Crippen LogP contribution in [-0.4, -0.2) is 21.0 Å². The molecule has 0 unspecified atom stereocenters. The van der Waals surface area contributed by atoms with E-state index < -0.39 is 0 Å². The van der Waals surface area contributed by atoms with Crippen molar-refractivity contribution in [2.24, 2.45) is 5.92 Å². The van der Waals surface area contributed by atoms with Crippen LogP contribution >= 0.6 is 0 Å². The average molecular weight is 416 g/mol. The highest BCUT2D eigenvalue weighted by Gasteiger charge is 2.20. The van der Waals surface area contributed by atoms with Crippen molar-refractivity contribution in [3.05, 3.63) is 77.6 Å². The van der Waals surface area contributed by atoms with E-state index in [4.69, 9.17) is 4.98 Å². The van der Waals surface area contributed by atoms with Gasteiger partial charge in [-0.1, -0.05) is 80.3 Å². The zero-order valence-electron chi connectivity index (χ0n) is 17.8. The largest absolute Gasteiger partial charge is 0.392 e. The first-order valence-corrected chi connectivity index (χ1v) is 11.1. The van der Waals surface area contributed by atoms with E-state index in [1.807, 2.05) is 54.6 Å². The predicted octanol–water partition coefficient (Wildman–Crippen LogP) is 4.94. The number of nitrogens with one attached hydrogen (secondary N) is 1. The van der Waals surface area contributed by atoms with Crippen LogP contribution in [0.1, 0.15) is 48.9 Å². The summed E-state index contributed by atoms with van der Waals surface area (Å²) in [5.41, 5.74) is 4.63. The molecule has 0 bridgehead atoms. The molecule has 31 heavy (non-hydrogen) atoms. The maximum Gasteiger partial charge on any atom is 0.225 e. The maximum atomic E-state index is 12.6. The molecular weight excluding hydrogens is 386 g/mol. The molecule has 0 saturated heterocycles. The zero-order chi connectivity index (χ0) is 21.5. The molecule has 0 radical (unpaired) electrons. The summed E-state index contributed by atoms with van der Waals surface area (Å²) in [6.07, 6.45) is 8.62. The Bertz CT molecular complexity index is 997. The SMILES string of the molecule is O=C(CCc1ccccc1)Nc1ncc(-c2ccc(CO)cc2)nc1CC1CCCC1. The summed E-state index contributed by atoms with van der Waals surface area (Å²) >= 11 is 0. The Labute approximate surface area is 183 Å². The number of benzene rings is 2. The normalized spacial score (nSPS) is 14.0. The molecule has 4 rings (SSSR count). The van der Waals surface area contributed by atoms with Gasteiger partial charge in [-0.15, -0.1) is 0 Å². The van der Waals surface area contributed by atoms with Gasteiger partial charge in [0.15, 0.2) is 5.82 Å². The van der Waals surface area contributed by atoms with Gasteiger partial charge in [-0.05, 0) is 29.9 Å². The number of rotatable bonds is 8. The molecule has 1 heterocycles. The number of amides is 1. The number of hydrogen-bond acceptors (Lipinski definition) is 4. The van der Waals surface area contributed by atoms with Crippen molar-refractivity contribution in [1.82, 2.24) is 9.97 Å². The standard InChI is InChI=1S/C26H29N3O2/c30-18-21-10-13-22(14-11-21)24-17-27-26(23(28-24)16-20-8-4-5-9-20)29-25(31)15-12-19-6-2-1-3-7-19/h1-3,6-7,10-11,13-14,17,20,30H,4-5,8-9,12,15-16,18H2,(H,27,29,31). The summed E-state index contributed by atoms with van der Waals surface area (Å²) in [4.78, 5) is 22.1. The molecule has 5 nitrogen and oxygen atoms in total. The molecule has 1 aromatic heterocycles. The van der Waals surface area contributed by atoms with Crippen molar-refractivity contribution >= 4 is 11.7 Å². The molecule has 1 aliphatic rings. The Kier molecular flexibility index (Phi) is 7.05. The molecule has 2 aromatic carbocycles. The van der Waals surface area contributed by atoms with E-state index in [2.05, 4.69) is 10.3 Å². The smallest absolute Gasteiger partial charge is 0.225 e. The topological polar surface area (TPSA) is 75.1 Å². The highest BCUT2D eigenvalue weighted by Crippen LogP contribution is 2.30. The molecule has 1 saturated carbocycles. The van der Waals surface area contributed by atoms with Crippen LogP contribution in [0.3, 0.4) is 0 Å². The zero-order valence-corrected chi connectivity index (χ0v) is 17.8. The van der Waals surface area contributed by atoms with Crippen LogP contribution in [0.25, 0.3) is 11.3 Å². The number of aromatic nitrogens is 2. The second-order valence-electron chi connectivity index (χ2n) is 8.29. The van der Waals surface area contributed by atoms with Crippen LogP contribution in [0.2, 0.25) is 0 Å². The molecule has 1 amide bonds. The summed E-state index contributed by atoms with van der Waals surface area (Å²) in [6, 6.07) is 17.7.